The van der Waals surface area contributed by atoms with E-state index in [1.165, 1.54) is 126 Å². The predicted molar refractivity (Wildman–Crippen MR) is 590 cm³/mol. The summed E-state index contributed by atoms with van der Waals surface area (Å²) >= 11 is 0. The van der Waals surface area contributed by atoms with Gasteiger partial charge < -0.3 is 18.3 Å². The lowest BCUT2D eigenvalue weighted by atomic mass is 10.0. The van der Waals surface area contributed by atoms with Crippen LogP contribution in [0.25, 0.3) is 255 Å². The van der Waals surface area contributed by atoms with Gasteiger partial charge in [0.05, 0.1) is 94.5 Å². The van der Waals surface area contributed by atoms with Crippen LogP contribution in [0.15, 0.2) is 516 Å². The average molecular weight is 1810 g/mol. The lowest BCUT2D eigenvalue weighted by molar-refractivity contribution is 0.995. The summed E-state index contributed by atoms with van der Waals surface area (Å²) in [6.07, 6.45) is 0. The summed E-state index contributed by atoms with van der Waals surface area (Å²) in [6.45, 7) is 0. The van der Waals surface area contributed by atoms with Gasteiger partial charge in [0.1, 0.15) is 5.82 Å². The van der Waals surface area contributed by atoms with Crippen molar-refractivity contribution < 1.29 is 0 Å². The molecule has 0 saturated heterocycles. The molecule has 20 aromatic carbocycles. The fourth-order valence-electron chi connectivity index (χ4n) is 21.5. The van der Waals surface area contributed by atoms with Crippen LogP contribution in [0.5, 0.6) is 0 Å². The van der Waals surface area contributed by atoms with Gasteiger partial charge in [-0.05, 0) is 192 Å². The molecule has 0 spiro atoms. The first kappa shape index (κ1) is 82.3. The molecule has 0 bridgehead atoms. The zero-order valence-corrected chi connectivity index (χ0v) is 77.0. The van der Waals surface area contributed by atoms with E-state index in [2.05, 4.69) is 495 Å². The Morgan fingerprint density at radius 3 is 0.775 bits per heavy atom. The topological polar surface area (TPSA) is 94.0 Å². The summed E-state index contributed by atoms with van der Waals surface area (Å²) in [5.41, 5.74) is 33.1. The Labute approximate surface area is 817 Å². The second-order valence-corrected chi connectivity index (χ2v) is 36.2. The quantitative estimate of drug-likeness (QED) is 0.115. The highest BCUT2D eigenvalue weighted by Gasteiger charge is 2.25. The van der Waals surface area contributed by atoms with Crippen molar-refractivity contribution in [1.82, 2.24) is 52.3 Å². The summed E-state index contributed by atoms with van der Waals surface area (Å²) in [4.78, 5) is 25.7. The Bertz CT molecular complexity index is 9750. The normalized spacial score (nSPS) is 11.7. The van der Waals surface area contributed by atoms with Crippen molar-refractivity contribution in [1.29, 1.82) is 0 Å². The first-order valence-electron chi connectivity index (χ1n) is 48.2. The van der Waals surface area contributed by atoms with Crippen LogP contribution in [-0.2, 0) is 0 Å². The minimum absolute atomic E-state index is 0.654. The SMILES string of the molecule is c1ccc(-c2cc(-c3ccccc3)nc(-c3ccc(-n4c5ccccc5c5cc(-n6c7ccccc7c7ccccc76)ccc54)cc3)n2)cc1.c1ccc(-c2cc(-c3ccccc3)nc(-n3c4ccccc4c4cc(-n5c6ccccc6c6ccccc65)ccc43)n2)cc1.c1ccc(-c2cc(-n3c4ccccc4c4cc(-c5ccc6c(c5)c5ccccc5n6-c5ccccc5)ccc43)nc3ccccc23)cc1. The van der Waals surface area contributed by atoms with Crippen LogP contribution in [0.2, 0.25) is 0 Å². The highest BCUT2D eigenvalue weighted by molar-refractivity contribution is 6.17. The molecule has 11 nitrogen and oxygen atoms in total. The molecule has 0 N–H and O–H groups in total. The van der Waals surface area contributed by atoms with Crippen molar-refractivity contribution in [2.75, 3.05) is 0 Å². The summed E-state index contributed by atoms with van der Waals surface area (Å²) in [7, 11) is 0. The Hall–Kier alpha value is -19.2. The van der Waals surface area contributed by atoms with Gasteiger partial charge >= 0.3 is 0 Å². The highest BCUT2D eigenvalue weighted by Crippen LogP contribution is 2.45. The molecule has 0 aliphatic carbocycles. The highest BCUT2D eigenvalue weighted by atomic mass is 15.2. The number of hydrogen-bond acceptors (Lipinski definition) is 5. The van der Waals surface area contributed by atoms with E-state index in [0.29, 0.717) is 11.8 Å². The van der Waals surface area contributed by atoms with Crippen molar-refractivity contribution in [2.24, 2.45) is 0 Å². The number of para-hydroxylation sites is 10. The number of aromatic nitrogens is 11. The minimum Gasteiger partial charge on any atom is -0.309 e. The first-order chi connectivity index (χ1) is 70.4. The molecule has 0 saturated carbocycles. The molecule has 0 aliphatic heterocycles. The first-order valence-corrected chi connectivity index (χ1v) is 48.2. The van der Waals surface area contributed by atoms with Crippen molar-refractivity contribution in [3.05, 3.63) is 516 Å². The van der Waals surface area contributed by atoms with Crippen LogP contribution in [0.4, 0.5) is 0 Å². The van der Waals surface area contributed by atoms with E-state index in [1.54, 1.807) is 0 Å². The van der Waals surface area contributed by atoms with Crippen molar-refractivity contribution in [2.45, 2.75) is 0 Å². The lowest BCUT2D eigenvalue weighted by Crippen LogP contribution is -2.04. The standard InChI is InChI=1S/C46H30N4.C45H29N3.C40H26N4/c1-3-13-31(14-4-1)40-30-41(32-15-5-2-6-16-32)48-46(47-40)33-23-25-34(26-24-33)49-44-22-12-9-19-38(44)39-29-35(27-28-45(39)49)50-42-20-10-7-17-36(42)37-18-8-11-21-43(37)50;1-3-13-30(14-4-1)37-29-45(46-40-20-10-7-17-34(37)40)48-42-22-12-9-19-36(42)39-28-32(24-26-44(39)48)31-23-25-43-38(27-31)35-18-8-11-21-41(35)47(43)33-15-5-2-6-16-33;1-3-13-27(14-4-1)34-26-35(28-15-5-2-6-16-28)42-40(41-34)44-38-22-12-9-19-32(38)33-25-29(23-24-39(33)44)43-36-20-10-7-17-30(36)31-18-8-11-21-37(31)43/h1-30H;1-29H;1-26H. The Morgan fingerprint density at radius 1 is 0.134 bits per heavy atom. The number of fused-ring (bicyclic) bond motifs is 19. The zero-order valence-electron chi connectivity index (χ0n) is 77.0. The molecular weight excluding hydrogens is 1730 g/mol. The van der Waals surface area contributed by atoms with Crippen LogP contribution in [0.1, 0.15) is 0 Å². The van der Waals surface area contributed by atoms with Crippen molar-refractivity contribution >= 4 is 142 Å². The smallest absolute Gasteiger partial charge is 0.235 e. The zero-order chi connectivity index (χ0) is 93.7. The maximum absolute atomic E-state index is 5.24. The molecule has 142 heavy (non-hydrogen) atoms. The maximum Gasteiger partial charge on any atom is 0.235 e. The third-order valence-corrected chi connectivity index (χ3v) is 28.0. The van der Waals surface area contributed by atoms with E-state index in [9.17, 15) is 0 Å². The second kappa shape index (κ2) is 34.5. The third kappa shape index (κ3) is 14.2. The van der Waals surface area contributed by atoms with E-state index in [4.69, 9.17) is 24.9 Å². The van der Waals surface area contributed by atoms with Crippen LogP contribution in [0.3, 0.4) is 0 Å². The molecule has 0 fully saturated rings. The van der Waals surface area contributed by atoms with E-state index < -0.39 is 0 Å². The fraction of sp³-hybridized carbons (Fsp3) is 0. The molecule has 0 aliphatic rings. The monoisotopic (exact) mass is 1810 g/mol. The predicted octanol–water partition coefficient (Wildman–Crippen LogP) is 33.4. The maximum atomic E-state index is 5.24. The van der Waals surface area contributed by atoms with E-state index in [1.807, 2.05) is 48.5 Å². The molecule has 9 heterocycles. The molecule has 11 heteroatoms. The van der Waals surface area contributed by atoms with E-state index in [0.717, 1.165) is 117 Å². The van der Waals surface area contributed by atoms with Gasteiger partial charge in [-0.3, -0.25) is 9.13 Å². The van der Waals surface area contributed by atoms with Gasteiger partial charge in [0.25, 0.3) is 0 Å². The third-order valence-electron chi connectivity index (χ3n) is 28.0. The largest absolute Gasteiger partial charge is 0.309 e. The fourth-order valence-corrected chi connectivity index (χ4v) is 21.5. The van der Waals surface area contributed by atoms with E-state index >= 15 is 0 Å². The summed E-state index contributed by atoms with van der Waals surface area (Å²) in [5.74, 6) is 2.28. The Balaban J connectivity index is 0.000000107. The molecule has 0 radical (unpaired) electrons. The van der Waals surface area contributed by atoms with Gasteiger partial charge in [0, 0.05) is 121 Å². The molecule has 9 aromatic heterocycles. The van der Waals surface area contributed by atoms with E-state index in [-0.39, 0.29) is 0 Å². The lowest BCUT2D eigenvalue weighted by Gasteiger charge is -2.13. The summed E-state index contributed by atoms with van der Waals surface area (Å²) in [5, 5.41) is 15.9. The molecule has 0 atom stereocenters. The number of pyridine rings is 1. The Morgan fingerprint density at radius 2 is 0.387 bits per heavy atom. The minimum atomic E-state index is 0.654. The number of nitrogens with zero attached hydrogens (tertiary/aromatic N) is 11. The summed E-state index contributed by atoms with van der Waals surface area (Å²) in [6, 6.07) is 183. The second-order valence-electron chi connectivity index (χ2n) is 36.2. The summed E-state index contributed by atoms with van der Waals surface area (Å²) < 4.78 is 14.0. The molecule has 29 aromatic rings. The van der Waals surface area contributed by atoms with Gasteiger partial charge in [-0.2, -0.15) is 0 Å². The van der Waals surface area contributed by atoms with Gasteiger partial charge in [-0.25, -0.2) is 24.9 Å². The van der Waals surface area contributed by atoms with Crippen LogP contribution >= 0.6 is 0 Å². The molecular formula is C131H85N11. The number of rotatable bonds is 13. The average Bonchev–Trinajstić information content (AvgIpc) is 1.61. The van der Waals surface area contributed by atoms with Crippen LogP contribution < -0.4 is 0 Å². The van der Waals surface area contributed by atoms with Gasteiger partial charge in [-0.1, -0.05) is 346 Å². The van der Waals surface area contributed by atoms with Gasteiger partial charge in [0.2, 0.25) is 5.95 Å². The van der Waals surface area contributed by atoms with Crippen LogP contribution in [-0.4, -0.2) is 52.3 Å². The van der Waals surface area contributed by atoms with Gasteiger partial charge in [-0.15, -0.1) is 0 Å². The van der Waals surface area contributed by atoms with Crippen molar-refractivity contribution in [3.8, 4) is 113 Å². The van der Waals surface area contributed by atoms with Crippen LogP contribution in [0, 0.1) is 0 Å². The molecule has 664 valence electrons. The molecule has 0 amide bonds. The number of hydrogen-bond donors (Lipinski definition) is 0. The molecule has 29 rings (SSSR count). The van der Waals surface area contributed by atoms with Gasteiger partial charge in [0.15, 0.2) is 5.82 Å². The Kier molecular flexibility index (Phi) is 20.0. The number of benzene rings is 20. The van der Waals surface area contributed by atoms with Crippen molar-refractivity contribution in [3.63, 3.8) is 0 Å². The molecule has 0 unspecified atom stereocenters.